The van der Waals surface area contributed by atoms with Crippen molar-refractivity contribution < 1.29 is 5.11 Å². The summed E-state index contributed by atoms with van der Waals surface area (Å²) in [6.07, 6.45) is 5.30. The second-order valence-electron chi connectivity index (χ2n) is 4.77. The molecule has 2 heterocycles. The Morgan fingerprint density at radius 3 is 2.70 bits per heavy atom. The first-order valence-corrected chi connectivity index (χ1v) is 6.83. The Bertz CT molecular complexity index is 532. The lowest BCUT2D eigenvalue weighted by molar-refractivity contribution is 0.228. The second kappa shape index (κ2) is 8.27. The highest BCUT2D eigenvalue weighted by Crippen LogP contribution is 2.14. The average Bonchev–Trinajstić information content (AvgIpc) is 2.45. The number of hydrogen-bond acceptors (Lipinski definition) is 6. The smallest absolute Gasteiger partial charge is 0.222 e. The Kier molecular flexibility index (Phi) is 6.66. The predicted octanol–water partition coefficient (Wildman–Crippen LogP) is 1.99. The third-order valence-electron chi connectivity index (χ3n) is 2.86. The van der Waals surface area contributed by atoms with Crippen LogP contribution < -0.4 is 11.5 Å². The zero-order valence-electron chi connectivity index (χ0n) is 12.1. The molecule has 5 N–H and O–H groups in total. The van der Waals surface area contributed by atoms with E-state index in [0.29, 0.717) is 29.4 Å². The maximum Gasteiger partial charge on any atom is 0.222 e. The van der Waals surface area contributed by atoms with E-state index < -0.39 is 0 Å². The van der Waals surface area contributed by atoms with Crippen LogP contribution in [0.4, 0.5) is 11.8 Å². The van der Waals surface area contributed by atoms with Gasteiger partial charge in [-0.2, -0.15) is 4.98 Å². The van der Waals surface area contributed by atoms with Gasteiger partial charge in [0.05, 0.1) is 5.52 Å². The molecule has 20 heavy (non-hydrogen) atoms. The minimum absolute atomic E-state index is 0.174. The van der Waals surface area contributed by atoms with Crippen LogP contribution in [0.5, 0.6) is 0 Å². The van der Waals surface area contributed by atoms with Crippen molar-refractivity contribution in [3.8, 4) is 0 Å². The van der Waals surface area contributed by atoms with Gasteiger partial charge in [0.25, 0.3) is 0 Å². The molecule has 2 aromatic rings. The van der Waals surface area contributed by atoms with Crippen LogP contribution in [-0.4, -0.2) is 26.7 Å². The molecule has 0 aliphatic heterocycles. The fourth-order valence-corrected chi connectivity index (χ4v) is 1.65. The SMILES string of the molecule is CCCCC(C)CO.Nc1nc(N)c2ncccc2n1. The van der Waals surface area contributed by atoms with Crippen LogP contribution in [0.3, 0.4) is 0 Å². The molecular formula is C14H23N5O. The Morgan fingerprint density at radius 1 is 1.30 bits per heavy atom. The minimum Gasteiger partial charge on any atom is -0.396 e. The molecule has 2 rings (SSSR count). The molecule has 1 unspecified atom stereocenters. The molecule has 0 saturated carbocycles. The van der Waals surface area contributed by atoms with Gasteiger partial charge in [0.1, 0.15) is 5.52 Å². The summed E-state index contributed by atoms with van der Waals surface area (Å²) in [6, 6.07) is 3.56. The van der Waals surface area contributed by atoms with E-state index in [1.165, 1.54) is 19.3 Å². The lowest BCUT2D eigenvalue weighted by atomic mass is 10.1. The first-order valence-electron chi connectivity index (χ1n) is 6.83. The summed E-state index contributed by atoms with van der Waals surface area (Å²) >= 11 is 0. The third-order valence-corrected chi connectivity index (χ3v) is 2.86. The van der Waals surface area contributed by atoms with E-state index in [9.17, 15) is 0 Å². The number of anilines is 2. The van der Waals surface area contributed by atoms with E-state index in [2.05, 4.69) is 28.8 Å². The van der Waals surface area contributed by atoms with Gasteiger partial charge < -0.3 is 16.6 Å². The van der Waals surface area contributed by atoms with Gasteiger partial charge in [0.15, 0.2) is 5.82 Å². The van der Waals surface area contributed by atoms with Crippen molar-refractivity contribution in [2.75, 3.05) is 18.1 Å². The first-order chi connectivity index (χ1) is 9.58. The molecule has 0 aliphatic rings. The highest BCUT2D eigenvalue weighted by atomic mass is 16.3. The molecule has 0 fully saturated rings. The van der Waals surface area contributed by atoms with Gasteiger partial charge in [0.2, 0.25) is 5.95 Å². The Morgan fingerprint density at radius 2 is 2.05 bits per heavy atom. The monoisotopic (exact) mass is 277 g/mol. The maximum absolute atomic E-state index is 8.56. The summed E-state index contributed by atoms with van der Waals surface area (Å²) < 4.78 is 0. The summed E-state index contributed by atoms with van der Waals surface area (Å²) in [5, 5.41) is 8.56. The van der Waals surface area contributed by atoms with E-state index in [1.807, 2.05) is 0 Å². The summed E-state index contributed by atoms with van der Waals surface area (Å²) in [5.41, 5.74) is 12.2. The Hall–Kier alpha value is -1.95. The maximum atomic E-state index is 8.56. The number of hydrogen-bond donors (Lipinski definition) is 3. The summed E-state index contributed by atoms with van der Waals surface area (Å²) in [6.45, 7) is 4.60. The van der Waals surface area contributed by atoms with Crippen LogP contribution in [0.25, 0.3) is 11.0 Å². The lowest BCUT2D eigenvalue weighted by Gasteiger charge is -2.03. The van der Waals surface area contributed by atoms with Gasteiger partial charge in [-0.05, 0) is 24.5 Å². The molecule has 0 aromatic carbocycles. The van der Waals surface area contributed by atoms with Gasteiger partial charge in [-0.1, -0.05) is 26.7 Å². The lowest BCUT2D eigenvalue weighted by Crippen LogP contribution is -2.01. The molecule has 0 bridgehead atoms. The van der Waals surface area contributed by atoms with Gasteiger partial charge >= 0.3 is 0 Å². The van der Waals surface area contributed by atoms with E-state index in [0.717, 1.165) is 0 Å². The topological polar surface area (TPSA) is 111 Å². The van der Waals surface area contributed by atoms with E-state index in [-0.39, 0.29) is 5.95 Å². The van der Waals surface area contributed by atoms with Crippen molar-refractivity contribution in [3.05, 3.63) is 18.3 Å². The number of pyridine rings is 1. The van der Waals surface area contributed by atoms with Crippen molar-refractivity contribution in [3.63, 3.8) is 0 Å². The average molecular weight is 277 g/mol. The van der Waals surface area contributed by atoms with Crippen LogP contribution in [0.2, 0.25) is 0 Å². The molecule has 110 valence electrons. The molecule has 0 spiro atoms. The molecule has 6 nitrogen and oxygen atoms in total. The van der Waals surface area contributed by atoms with Crippen molar-refractivity contribution in [1.82, 2.24) is 15.0 Å². The normalized spacial score (nSPS) is 11.8. The second-order valence-corrected chi connectivity index (χ2v) is 4.77. The van der Waals surface area contributed by atoms with Crippen molar-refractivity contribution in [2.24, 2.45) is 5.92 Å². The number of nitrogens with zero attached hydrogens (tertiary/aromatic N) is 3. The van der Waals surface area contributed by atoms with Crippen LogP contribution in [0.1, 0.15) is 33.1 Å². The first kappa shape index (κ1) is 16.1. The van der Waals surface area contributed by atoms with E-state index in [1.54, 1.807) is 18.3 Å². The van der Waals surface area contributed by atoms with Crippen LogP contribution in [0, 0.1) is 5.92 Å². The number of aliphatic hydroxyl groups excluding tert-OH is 1. The molecule has 0 aliphatic carbocycles. The van der Waals surface area contributed by atoms with Crippen LogP contribution >= 0.6 is 0 Å². The molecular weight excluding hydrogens is 254 g/mol. The molecule has 6 heteroatoms. The summed E-state index contributed by atoms with van der Waals surface area (Å²) in [7, 11) is 0. The number of unbranched alkanes of at least 4 members (excludes halogenated alkanes) is 1. The van der Waals surface area contributed by atoms with Crippen molar-refractivity contribution in [1.29, 1.82) is 0 Å². The predicted molar refractivity (Wildman–Crippen MR) is 81.9 cm³/mol. The molecule has 0 radical (unpaired) electrons. The van der Waals surface area contributed by atoms with Crippen molar-refractivity contribution >= 4 is 22.8 Å². The fraction of sp³-hybridized carbons (Fsp3) is 0.500. The number of aromatic nitrogens is 3. The Balaban J connectivity index is 0.000000221. The summed E-state index contributed by atoms with van der Waals surface area (Å²) in [4.78, 5) is 11.8. The number of nitrogen functional groups attached to an aromatic ring is 2. The standard InChI is InChI=1S/C7H7N5.C7H16O/c8-6-5-4(2-1-3-10-5)11-7(9)12-6;1-3-4-5-7(2)6-8/h1-3H,(H4,8,9,11,12);7-8H,3-6H2,1-2H3. The quantitative estimate of drug-likeness (QED) is 0.788. The van der Waals surface area contributed by atoms with Crippen LogP contribution in [0.15, 0.2) is 18.3 Å². The number of nitrogens with two attached hydrogens (primary N) is 2. The number of rotatable bonds is 4. The molecule has 1 atom stereocenters. The van der Waals surface area contributed by atoms with E-state index >= 15 is 0 Å². The fourth-order valence-electron chi connectivity index (χ4n) is 1.65. The largest absolute Gasteiger partial charge is 0.396 e. The third kappa shape index (κ3) is 4.97. The van der Waals surface area contributed by atoms with Gasteiger partial charge in [-0.25, -0.2) is 4.98 Å². The van der Waals surface area contributed by atoms with Gasteiger partial charge in [-0.15, -0.1) is 0 Å². The van der Waals surface area contributed by atoms with E-state index in [4.69, 9.17) is 16.6 Å². The van der Waals surface area contributed by atoms with Crippen LogP contribution in [-0.2, 0) is 0 Å². The zero-order valence-corrected chi connectivity index (χ0v) is 12.1. The van der Waals surface area contributed by atoms with Gasteiger partial charge in [-0.3, -0.25) is 4.98 Å². The number of aliphatic hydroxyl groups is 1. The molecule has 0 amide bonds. The highest BCUT2D eigenvalue weighted by Gasteiger charge is 2.01. The number of fused-ring (bicyclic) bond motifs is 1. The van der Waals surface area contributed by atoms with Gasteiger partial charge in [0, 0.05) is 12.8 Å². The molecule has 2 aromatic heterocycles. The zero-order chi connectivity index (χ0) is 15.0. The minimum atomic E-state index is 0.174. The molecule has 0 saturated heterocycles. The summed E-state index contributed by atoms with van der Waals surface area (Å²) in [5.74, 6) is 1.00. The Labute approximate surface area is 119 Å². The highest BCUT2D eigenvalue weighted by molar-refractivity contribution is 5.84. The van der Waals surface area contributed by atoms with Crippen molar-refractivity contribution in [2.45, 2.75) is 33.1 Å².